The normalized spacial score (nSPS) is 26.6. The first-order valence-electron chi connectivity index (χ1n) is 5.53. The minimum atomic E-state index is -0.942. The van der Waals surface area contributed by atoms with Gasteiger partial charge in [-0.1, -0.05) is 44.2 Å². The van der Waals surface area contributed by atoms with Gasteiger partial charge in [-0.25, -0.2) is 0 Å². The number of carboxylic acid groups (broad SMARTS) is 1. The molecule has 1 aliphatic heterocycles. The Morgan fingerprint density at radius 2 is 1.88 bits per heavy atom. The van der Waals surface area contributed by atoms with Gasteiger partial charge < -0.3 is 10.4 Å². The molecular formula is C13H15NO3. The summed E-state index contributed by atoms with van der Waals surface area (Å²) in [6, 6.07) is 8.76. The molecule has 0 spiro atoms. The Bertz CT molecular complexity index is 453. The van der Waals surface area contributed by atoms with E-state index in [0.29, 0.717) is 0 Å². The number of amides is 1. The highest BCUT2D eigenvalue weighted by Gasteiger charge is 2.53. The molecule has 4 nitrogen and oxygen atoms in total. The van der Waals surface area contributed by atoms with Crippen LogP contribution in [0.15, 0.2) is 30.3 Å². The molecule has 2 rings (SSSR count). The molecule has 1 unspecified atom stereocenters. The third kappa shape index (κ3) is 1.79. The minimum Gasteiger partial charge on any atom is -0.481 e. The topological polar surface area (TPSA) is 66.4 Å². The molecule has 0 bridgehead atoms. The van der Waals surface area contributed by atoms with Crippen LogP contribution in [0, 0.1) is 11.3 Å². The van der Waals surface area contributed by atoms with Crippen molar-refractivity contribution in [2.45, 2.75) is 19.9 Å². The molecule has 4 heteroatoms. The molecule has 1 aromatic carbocycles. The third-order valence-electron chi connectivity index (χ3n) is 3.41. The number of hydrogen-bond acceptors (Lipinski definition) is 2. The third-order valence-corrected chi connectivity index (χ3v) is 3.41. The Morgan fingerprint density at radius 3 is 2.41 bits per heavy atom. The van der Waals surface area contributed by atoms with Crippen molar-refractivity contribution in [3.8, 4) is 0 Å². The summed E-state index contributed by atoms with van der Waals surface area (Å²) in [6.07, 6.45) is 0. The molecule has 1 aliphatic rings. The van der Waals surface area contributed by atoms with Gasteiger partial charge in [0.25, 0.3) is 0 Å². The molecule has 2 N–H and O–H groups in total. The van der Waals surface area contributed by atoms with Crippen LogP contribution in [0.4, 0.5) is 0 Å². The van der Waals surface area contributed by atoms with E-state index in [1.807, 2.05) is 30.3 Å². The number of nitrogens with one attached hydrogen (secondary N) is 1. The Hall–Kier alpha value is -1.84. The quantitative estimate of drug-likeness (QED) is 0.815. The lowest BCUT2D eigenvalue weighted by Gasteiger charge is -2.23. The molecule has 1 heterocycles. The predicted molar refractivity (Wildman–Crippen MR) is 62.2 cm³/mol. The average Bonchev–Trinajstić information content (AvgIpc) is 2.51. The Kier molecular flexibility index (Phi) is 2.65. The van der Waals surface area contributed by atoms with Crippen molar-refractivity contribution in [3.05, 3.63) is 35.9 Å². The fourth-order valence-corrected chi connectivity index (χ4v) is 2.36. The maximum absolute atomic E-state index is 11.8. The number of carbonyl (C=O) groups is 2. The lowest BCUT2D eigenvalue weighted by atomic mass is 9.77. The smallest absolute Gasteiger partial charge is 0.310 e. The zero-order valence-corrected chi connectivity index (χ0v) is 9.81. The van der Waals surface area contributed by atoms with E-state index in [1.54, 1.807) is 13.8 Å². The largest absolute Gasteiger partial charge is 0.481 e. The van der Waals surface area contributed by atoms with Crippen molar-refractivity contribution >= 4 is 11.9 Å². The molecule has 0 radical (unpaired) electrons. The molecule has 17 heavy (non-hydrogen) atoms. The van der Waals surface area contributed by atoms with Crippen molar-refractivity contribution in [1.82, 2.24) is 5.32 Å². The lowest BCUT2D eigenvalue weighted by Crippen LogP contribution is -2.32. The van der Waals surface area contributed by atoms with E-state index in [0.717, 1.165) is 5.56 Å². The summed E-state index contributed by atoms with van der Waals surface area (Å²) in [5.41, 5.74) is -0.0504. The number of hydrogen-bond donors (Lipinski definition) is 2. The molecule has 0 aliphatic carbocycles. The molecule has 1 amide bonds. The van der Waals surface area contributed by atoms with Gasteiger partial charge in [0.1, 0.15) is 0 Å². The molecule has 1 saturated heterocycles. The van der Waals surface area contributed by atoms with Crippen LogP contribution in [0.1, 0.15) is 25.5 Å². The molecule has 1 fully saturated rings. The average molecular weight is 233 g/mol. The van der Waals surface area contributed by atoms with Gasteiger partial charge in [-0.2, -0.15) is 0 Å². The number of carbonyl (C=O) groups excluding carboxylic acids is 1. The summed E-state index contributed by atoms with van der Waals surface area (Å²) in [5.74, 6) is -1.89. The van der Waals surface area contributed by atoms with Crippen LogP contribution in [-0.2, 0) is 9.59 Å². The van der Waals surface area contributed by atoms with Crippen molar-refractivity contribution in [2.75, 3.05) is 0 Å². The van der Waals surface area contributed by atoms with E-state index in [-0.39, 0.29) is 5.91 Å². The highest BCUT2D eigenvalue weighted by Crippen LogP contribution is 2.42. The number of carboxylic acids is 1. The van der Waals surface area contributed by atoms with Gasteiger partial charge in [-0.15, -0.1) is 0 Å². The maximum Gasteiger partial charge on any atom is 0.310 e. The zero-order valence-electron chi connectivity index (χ0n) is 9.81. The summed E-state index contributed by atoms with van der Waals surface area (Å²) >= 11 is 0. The van der Waals surface area contributed by atoms with Crippen LogP contribution >= 0.6 is 0 Å². The van der Waals surface area contributed by atoms with Gasteiger partial charge in [0.05, 0.1) is 17.4 Å². The first kappa shape index (κ1) is 11.6. The van der Waals surface area contributed by atoms with E-state index < -0.39 is 23.3 Å². The number of benzene rings is 1. The van der Waals surface area contributed by atoms with E-state index in [1.165, 1.54) is 0 Å². The molecule has 0 aromatic heterocycles. The van der Waals surface area contributed by atoms with Crippen molar-refractivity contribution in [1.29, 1.82) is 0 Å². The SMILES string of the molecule is CC1(C)C(=O)NC(c2ccccc2)[C@H]1C(=O)O. The van der Waals surface area contributed by atoms with Crippen LogP contribution in [0.5, 0.6) is 0 Å². The van der Waals surface area contributed by atoms with Gasteiger partial charge in [0.2, 0.25) is 5.91 Å². The Morgan fingerprint density at radius 1 is 1.29 bits per heavy atom. The molecule has 0 saturated carbocycles. The van der Waals surface area contributed by atoms with Crippen molar-refractivity contribution < 1.29 is 14.7 Å². The van der Waals surface area contributed by atoms with Gasteiger partial charge in [-0.05, 0) is 5.56 Å². The summed E-state index contributed by atoms with van der Waals surface area (Å²) in [7, 11) is 0. The van der Waals surface area contributed by atoms with E-state index in [9.17, 15) is 14.7 Å². The van der Waals surface area contributed by atoms with Gasteiger partial charge >= 0.3 is 5.97 Å². The number of rotatable bonds is 2. The first-order chi connectivity index (χ1) is 7.94. The Balaban J connectivity index is 2.42. The standard InChI is InChI=1S/C13H15NO3/c1-13(2)9(11(15)16)10(14-12(13)17)8-6-4-3-5-7-8/h3-7,9-10H,1-2H3,(H,14,17)(H,15,16)/t9-,10?/m0/s1. The molecule has 1 aromatic rings. The second-order valence-electron chi connectivity index (χ2n) is 4.90. The first-order valence-corrected chi connectivity index (χ1v) is 5.53. The summed E-state index contributed by atoms with van der Waals surface area (Å²) in [4.78, 5) is 23.2. The van der Waals surface area contributed by atoms with Crippen LogP contribution in [0.25, 0.3) is 0 Å². The van der Waals surface area contributed by atoms with Crippen LogP contribution in [0.2, 0.25) is 0 Å². The summed E-state index contributed by atoms with van der Waals surface area (Å²) in [5, 5.41) is 12.1. The van der Waals surface area contributed by atoms with Crippen LogP contribution < -0.4 is 5.32 Å². The van der Waals surface area contributed by atoms with E-state index in [4.69, 9.17) is 0 Å². The predicted octanol–water partition coefficient (Wildman–Crippen LogP) is 1.58. The van der Waals surface area contributed by atoms with Crippen molar-refractivity contribution in [3.63, 3.8) is 0 Å². The fraction of sp³-hybridized carbons (Fsp3) is 0.385. The fourth-order valence-electron chi connectivity index (χ4n) is 2.36. The zero-order chi connectivity index (χ0) is 12.6. The summed E-state index contributed by atoms with van der Waals surface area (Å²) in [6.45, 7) is 3.34. The second kappa shape index (κ2) is 3.87. The monoisotopic (exact) mass is 233 g/mol. The summed E-state index contributed by atoms with van der Waals surface area (Å²) < 4.78 is 0. The van der Waals surface area contributed by atoms with Gasteiger partial charge in [-0.3, -0.25) is 9.59 Å². The van der Waals surface area contributed by atoms with Gasteiger partial charge in [0.15, 0.2) is 0 Å². The lowest BCUT2D eigenvalue weighted by molar-refractivity contribution is -0.147. The minimum absolute atomic E-state index is 0.209. The van der Waals surface area contributed by atoms with E-state index in [2.05, 4.69) is 5.32 Å². The second-order valence-corrected chi connectivity index (χ2v) is 4.90. The molecule has 90 valence electrons. The van der Waals surface area contributed by atoms with Gasteiger partial charge in [0, 0.05) is 0 Å². The Labute approximate surface area is 99.6 Å². The number of aliphatic carboxylic acids is 1. The van der Waals surface area contributed by atoms with Crippen molar-refractivity contribution in [2.24, 2.45) is 11.3 Å². The van der Waals surface area contributed by atoms with Crippen LogP contribution in [-0.4, -0.2) is 17.0 Å². The molecular weight excluding hydrogens is 218 g/mol. The van der Waals surface area contributed by atoms with Crippen LogP contribution in [0.3, 0.4) is 0 Å². The maximum atomic E-state index is 11.8. The van der Waals surface area contributed by atoms with E-state index >= 15 is 0 Å². The highest BCUT2D eigenvalue weighted by atomic mass is 16.4. The highest BCUT2D eigenvalue weighted by molar-refractivity contribution is 5.92. The molecule has 2 atom stereocenters.